The highest BCUT2D eigenvalue weighted by atomic mass is 32.1. The van der Waals surface area contributed by atoms with E-state index in [4.69, 9.17) is 0 Å². The summed E-state index contributed by atoms with van der Waals surface area (Å²) in [5, 5.41) is 8.68. The molecule has 1 aromatic heterocycles. The summed E-state index contributed by atoms with van der Waals surface area (Å²) in [6, 6.07) is 0. The van der Waals surface area contributed by atoms with Gasteiger partial charge >= 0.3 is 0 Å². The monoisotopic (exact) mass is 292 g/mol. The molecule has 1 N–H and O–H groups in total. The minimum atomic E-state index is -0.254. The predicted molar refractivity (Wildman–Crippen MR) is 76.8 cm³/mol. The van der Waals surface area contributed by atoms with E-state index in [1.807, 2.05) is 0 Å². The van der Waals surface area contributed by atoms with Gasteiger partial charge in [0.1, 0.15) is 5.71 Å². The van der Waals surface area contributed by atoms with E-state index in [-0.39, 0.29) is 11.8 Å². The van der Waals surface area contributed by atoms with Gasteiger partial charge in [0, 0.05) is 24.8 Å². The molecule has 1 aliphatic heterocycles. The Morgan fingerprint density at radius 3 is 2.80 bits per heavy atom. The molecule has 0 atom stereocenters. The summed E-state index contributed by atoms with van der Waals surface area (Å²) in [7, 11) is 1.57. The van der Waals surface area contributed by atoms with Crippen molar-refractivity contribution in [1.82, 2.24) is 9.99 Å². The molecule has 7 heteroatoms. The van der Waals surface area contributed by atoms with Crippen LogP contribution < -0.4 is 5.32 Å². The third-order valence-electron chi connectivity index (χ3n) is 3.54. The molecule has 0 saturated heterocycles. The van der Waals surface area contributed by atoms with Crippen molar-refractivity contribution < 1.29 is 9.59 Å². The number of hydrogen-bond donors (Lipinski definition) is 1. The predicted octanol–water partition coefficient (Wildman–Crippen LogP) is 1.57. The maximum absolute atomic E-state index is 12.1. The summed E-state index contributed by atoms with van der Waals surface area (Å²) in [5.74, 6) is -0.318. The molecule has 2 amide bonds. The maximum atomic E-state index is 12.1. The van der Waals surface area contributed by atoms with Gasteiger partial charge in [0.25, 0.3) is 5.91 Å². The minimum absolute atomic E-state index is 0.0636. The van der Waals surface area contributed by atoms with Crippen LogP contribution in [0.1, 0.15) is 36.3 Å². The summed E-state index contributed by atoms with van der Waals surface area (Å²) in [6.07, 6.45) is 5.14. The number of nitrogens with zero attached hydrogens (tertiary/aromatic N) is 3. The first-order valence-corrected chi connectivity index (χ1v) is 7.59. The molecule has 106 valence electrons. The molecular weight excluding hydrogens is 276 g/mol. The second-order valence-corrected chi connectivity index (χ2v) is 6.10. The van der Waals surface area contributed by atoms with Gasteiger partial charge in [-0.3, -0.25) is 14.9 Å². The van der Waals surface area contributed by atoms with Crippen LogP contribution in [0, 0.1) is 0 Å². The minimum Gasteiger partial charge on any atom is -0.297 e. The van der Waals surface area contributed by atoms with Crippen LogP contribution in [0.15, 0.2) is 5.10 Å². The number of aromatic nitrogens is 1. The van der Waals surface area contributed by atoms with Crippen molar-refractivity contribution in [2.75, 3.05) is 12.4 Å². The largest absolute Gasteiger partial charge is 0.297 e. The van der Waals surface area contributed by atoms with E-state index in [9.17, 15) is 9.59 Å². The van der Waals surface area contributed by atoms with Crippen molar-refractivity contribution >= 4 is 34.0 Å². The highest BCUT2D eigenvalue weighted by Gasteiger charge is 2.23. The fourth-order valence-electron chi connectivity index (χ4n) is 2.41. The average molecular weight is 292 g/mol. The molecule has 0 unspecified atom stereocenters. The van der Waals surface area contributed by atoms with Gasteiger partial charge in [-0.05, 0) is 25.7 Å². The molecule has 2 heterocycles. The van der Waals surface area contributed by atoms with Crippen molar-refractivity contribution in [2.24, 2.45) is 5.10 Å². The lowest BCUT2D eigenvalue weighted by Gasteiger charge is -2.18. The molecule has 2 aliphatic rings. The fourth-order valence-corrected chi connectivity index (χ4v) is 3.45. The second kappa shape index (κ2) is 5.32. The molecule has 0 radical (unpaired) electrons. The highest BCUT2D eigenvalue weighted by molar-refractivity contribution is 7.16. The molecule has 0 spiro atoms. The number of rotatable bonds is 2. The zero-order valence-electron chi connectivity index (χ0n) is 11.3. The number of nitrogens with one attached hydrogen (secondary N) is 1. The Bertz CT molecular complexity index is 570. The van der Waals surface area contributed by atoms with Crippen LogP contribution in [0.5, 0.6) is 0 Å². The van der Waals surface area contributed by atoms with E-state index in [0.29, 0.717) is 23.7 Å². The van der Waals surface area contributed by atoms with Crippen molar-refractivity contribution in [3.63, 3.8) is 0 Å². The standard InChI is InChI=1S/C13H16N4O2S/c1-17-11(18)7-6-9(16-17)12(19)15-13-14-8-4-2-3-5-10(8)20-13/h2-7H2,1H3,(H,14,15,19). The Morgan fingerprint density at radius 2 is 2.05 bits per heavy atom. The summed E-state index contributed by atoms with van der Waals surface area (Å²) in [4.78, 5) is 29.2. The summed E-state index contributed by atoms with van der Waals surface area (Å²) in [5.41, 5.74) is 1.51. The van der Waals surface area contributed by atoms with Crippen molar-refractivity contribution in [3.05, 3.63) is 10.6 Å². The van der Waals surface area contributed by atoms with Gasteiger partial charge in [0.05, 0.1) is 5.69 Å². The van der Waals surface area contributed by atoms with Crippen LogP contribution in [-0.4, -0.2) is 34.6 Å². The molecule has 0 fully saturated rings. The van der Waals surface area contributed by atoms with Crippen molar-refractivity contribution in [3.8, 4) is 0 Å². The lowest BCUT2D eigenvalue weighted by molar-refractivity contribution is -0.130. The van der Waals surface area contributed by atoms with Gasteiger partial charge < -0.3 is 0 Å². The lowest BCUT2D eigenvalue weighted by atomic mass is 10.0. The van der Waals surface area contributed by atoms with Crippen LogP contribution in [0.2, 0.25) is 0 Å². The number of thiazole rings is 1. The average Bonchev–Trinajstić information content (AvgIpc) is 2.83. The van der Waals surface area contributed by atoms with E-state index >= 15 is 0 Å². The molecule has 1 aromatic rings. The number of fused-ring (bicyclic) bond motifs is 1. The Hall–Kier alpha value is -1.76. The highest BCUT2D eigenvalue weighted by Crippen LogP contribution is 2.29. The van der Waals surface area contributed by atoms with Crippen LogP contribution in [-0.2, 0) is 22.4 Å². The van der Waals surface area contributed by atoms with Crippen LogP contribution in [0.4, 0.5) is 5.13 Å². The maximum Gasteiger partial charge on any atom is 0.273 e. The number of carbonyl (C=O) groups is 2. The van der Waals surface area contributed by atoms with Gasteiger partial charge in [0.2, 0.25) is 5.91 Å². The quantitative estimate of drug-likeness (QED) is 0.899. The first kappa shape index (κ1) is 13.2. The number of amides is 2. The Morgan fingerprint density at radius 1 is 1.25 bits per heavy atom. The molecule has 0 bridgehead atoms. The first-order chi connectivity index (χ1) is 9.63. The van der Waals surface area contributed by atoms with E-state index in [1.54, 1.807) is 18.4 Å². The number of anilines is 1. The number of hydrazone groups is 1. The summed E-state index contributed by atoms with van der Waals surface area (Å²) in [6.45, 7) is 0. The molecule has 1 aliphatic carbocycles. The fraction of sp³-hybridized carbons (Fsp3) is 0.538. The SMILES string of the molecule is CN1N=C(C(=O)Nc2nc3c(s2)CCCC3)CCC1=O. The molecule has 20 heavy (non-hydrogen) atoms. The number of aryl methyl sites for hydroxylation is 2. The third-order valence-corrected chi connectivity index (χ3v) is 4.61. The van der Waals surface area contributed by atoms with E-state index in [0.717, 1.165) is 18.5 Å². The van der Waals surface area contributed by atoms with Gasteiger partial charge in [-0.2, -0.15) is 5.10 Å². The Kier molecular flexibility index (Phi) is 3.52. The molecule has 3 rings (SSSR count). The van der Waals surface area contributed by atoms with E-state index < -0.39 is 0 Å². The zero-order chi connectivity index (χ0) is 14.1. The van der Waals surface area contributed by atoms with Gasteiger partial charge in [0.15, 0.2) is 5.13 Å². The zero-order valence-corrected chi connectivity index (χ0v) is 12.1. The Balaban J connectivity index is 1.71. The van der Waals surface area contributed by atoms with Crippen LogP contribution in [0.3, 0.4) is 0 Å². The van der Waals surface area contributed by atoms with Gasteiger partial charge in [-0.25, -0.2) is 9.99 Å². The molecule has 0 saturated carbocycles. The Labute approximate surface area is 120 Å². The topological polar surface area (TPSA) is 74.7 Å². The molecular formula is C13H16N4O2S. The summed E-state index contributed by atoms with van der Waals surface area (Å²) < 4.78 is 0. The van der Waals surface area contributed by atoms with Gasteiger partial charge in [-0.1, -0.05) is 0 Å². The summed E-state index contributed by atoms with van der Waals surface area (Å²) >= 11 is 1.55. The van der Waals surface area contributed by atoms with Gasteiger partial charge in [-0.15, -0.1) is 11.3 Å². The number of hydrogen-bond acceptors (Lipinski definition) is 5. The van der Waals surface area contributed by atoms with Crippen LogP contribution in [0.25, 0.3) is 0 Å². The van der Waals surface area contributed by atoms with Crippen molar-refractivity contribution in [1.29, 1.82) is 0 Å². The number of carbonyl (C=O) groups excluding carboxylic acids is 2. The van der Waals surface area contributed by atoms with Crippen molar-refractivity contribution in [2.45, 2.75) is 38.5 Å². The second-order valence-electron chi connectivity index (χ2n) is 5.01. The first-order valence-electron chi connectivity index (χ1n) is 6.77. The third kappa shape index (κ3) is 2.58. The normalized spacial score (nSPS) is 18.6. The van der Waals surface area contributed by atoms with Crippen LogP contribution >= 0.6 is 11.3 Å². The molecule has 6 nitrogen and oxygen atoms in total. The lowest BCUT2D eigenvalue weighted by Crippen LogP contribution is -2.34. The van der Waals surface area contributed by atoms with E-state index in [1.165, 1.54) is 22.7 Å². The van der Waals surface area contributed by atoms with E-state index in [2.05, 4.69) is 15.4 Å². The molecule has 0 aromatic carbocycles. The smallest absolute Gasteiger partial charge is 0.273 e.